The van der Waals surface area contributed by atoms with Crippen LogP contribution in [0.4, 0.5) is 0 Å². The smallest absolute Gasteiger partial charge is 0.120 e. The third kappa shape index (κ3) is 2.23. The number of hydrogen-bond acceptors (Lipinski definition) is 0. The van der Waals surface area contributed by atoms with Crippen molar-refractivity contribution in [1.29, 1.82) is 0 Å². The summed E-state index contributed by atoms with van der Waals surface area (Å²) in [5, 5.41) is 12.2. The minimum Gasteiger partial charge on any atom is -0.228 e. The van der Waals surface area contributed by atoms with Crippen LogP contribution in [0.2, 0.25) is 5.02 Å². The lowest BCUT2D eigenvalue weighted by Gasteiger charge is -2.11. The molecule has 1 unspecified atom stereocenters. The molecular weight excluding hydrogens is 172 g/mol. The van der Waals surface area contributed by atoms with Crippen LogP contribution in [0.3, 0.4) is 0 Å². The predicted octanol–water partition coefficient (Wildman–Crippen LogP) is 3.47. The minimum absolute atomic E-state index is 0.114. The number of hydrogen-bond donors (Lipinski definition) is 0. The molecule has 0 bridgehead atoms. The van der Waals surface area contributed by atoms with Crippen LogP contribution in [-0.2, 0) is 5.11 Å². The Labute approximate surface area is 78.0 Å². The van der Waals surface area contributed by atoms with Gasteiger partial charge in [0.25, 0.3) is 0 Å². The average molecular weight is 184 g/mol. The van der Waals surface area contributed by atoms with E-state index in [1.54, 1.807) is 12.1 Å². The van der Waals surface area contributed by atoms with Crippen LogP contribution in [0.5, 0.6) is 0 Å². The van der Waals surface area contributed by atoms with Gasteiger partial charge in [0, 0.05) is 5.02 Å². The summed E-state index contributed by atoms with van der Waals surface area (Å²) in [5.41, 5.74) is 0.775. The quantitative estimate of drug-likeness (QED) is 0.669. The zero-order valence-corrected chi connectivity index (χ0v) is 8.01. The number of benzene rings is 1. The van der Waals surface area contributed by atoms with E-state index in [4.69, 9.17) is 11.6 Å². The van der Waals surface area contributed by atoms with E-state index in [1.807, 2.05) is 26.0 Å². The summed E-state index contributed by atoms with van der Waals surface area (Å²) in [6, 6.07) is 7.14. The molecule has 2 heteroatoms. The van der Waals surface area contributed by atoms with Crippen LogP contribution in [0.25, 0.3) is 0 Å². The SMILES string of the molecule is CC(C)C([O])c1cccc(Cl)c1. The molecule has 0 N–H and O–H groups in total. The van der Waals surface area contributed by atoms with Crippen molar-refractivity contribution in [2.24, 2.45) is 5.92 Å². The summed E-state index contributed by atoms with van der Waals surface area (Å²) in [4.78, 5) is 0. The second-order valence-electron chi connectivity index (χ2n) is 3.22. The third-order valence-electron chi connectivity index (χ3n) is 1.78. The fraction of sp³-hybridized carbons (Fsp3) is 0.400. The highest BCUT2D eigenvalue weighted by Gasteiger charge is 2.13. The fourth-order valence-electron chi connectivity index (χ4n) is 1.07. The highest BCUT2D eigenvalue weighted by atomic mass is 35.5. The van der Waals surface area contributed by atoms with Gasteiger partial charge in [-0.3, -0.25) is 0 Å². The first-order chi connectivity index (χ1) is 5.61. The van der Waals surface area contributed by atoms with E-state index >= 15 is 0 Å². The maximum absolute atomic E-state index is 11.5. The summed E-state index contributed by atoms with van der Waals surface area (Å²) in [6.07, 6.45) is -0.663. The predicted molar refractivity (Wildman–Crippen MR) is 49.7 cm³/mol. The van der Waals surface area contributed by atoms with E-state index in [0.717, 1.165) is 5.56 Å². The van der Waals surface area contributed by atoms with Gasteiger partial charge in [0.05, 0.1) is 0 Å². The van der Waals surface area contributed by atoms with Crippen molar-refractivity contribution in [3.05, 3.63) is 34.9 Å². The maximum atomic E-state index is 11.5. The van der Waals surface area contributed by atoms with Gasteiger partial charge in [0.1, 0.15) is 6.10 Å². The molecule has 1 atom stereocenters. The zero-order chi connectivity index (χ0) is 9.14. The molecule has 1 aromatic carbocycles. The van der Waals surface area contributed by atoms with Crippen molar-refractivity contribution in [2.75, 3.05) is 0 Å². The average Bonchev–Trinajstić information content (AvgIpc) is 2.03. The highest BCUT2D eigenvalue weighted by molar-refractivity contribution is 6.30. The largest absolute Gasteiger partial charge is 0.228 e. The van der Waals surface area contributed by atoms with Gasteiger partial charge in [-0.2, -0.15) is 0 Å². The van der Waals surface area contributed by atoms with Crippen LogP contribution < -0.4 is 0 Å². The highest BCUT2D eigenvalue weighted by Crippen LogP contribution is 2.23. The molecule has 1 nitrogen and oxygen atoms in total. The van der Waals surface area contributed by atoms with Crippen LogP contribution in [0, 0.1) is 5.92 Å². The maximum Gasteiger partial charge on any atom is 0.120 e. The van der Waals surface area contributed by atoms with Gasteiger partial charge in [-0.05, 0) is 23.6 Å². The second kappa shape index (κ2) is 3.92. The summed E-state index contributed by atoms with van der Waals surface area (Å²) in [5.74, 6) is 0.114. The molecule has 1 aromatic rings. The van der Waals surface area contributed by atoms with Gasteiger partial charge in [-0.25, -0.2) is 5.11 Å². The Hall–Kier alpha value is -0.530. The van der Waals surface area contributed by atoms with E-state index in [1.165, 1.54) is 0 Å². The first-order valence-electron chi connectivity index (χ1n) is 4.02. The molecule has 0 saturated heterocycles. The van der Waals surface area contributed by atoms with Gasteiger partial charge < -0.3 is 0 Å². The lowest BCUT2D eigenvalue weighted by atomic mass is 9.99. The number of rotatable bonds is 2. The standard InChI is InChI=1S/C10H12ClO/c1-7(2)10(12)8-4-3-5-9(11)6-8/h3-7,10H,1-2H3. The molecule has 0 aliphatic rings. The van der Waals surface area contributed by atoms with Gasteiger partial charge >= 0.3 is 0 Å². The van der Waals surface area contributed by atoms with Crippen molar-refractivity contribution >= 4 is 11.6 Å². The lowest BCUT2D eigenvalue weighted by Crippen LogP contribution is -2.03. The molecule has 0 aliphatic carbocycles. The van der Waals surface area contributed by atoms with Crippen LogP contribution in [-0.4, -0.2) is 0 Å². The Morgan fingerprint density at radius 1 is 1.33 bits per heavy atom. The zero-order valence-electron chi connectivity index (χ0n) is 7.25. The first-order valence-corrected chi connectivity index (χ1v) is 4.40. The van der Waals surface area contributed by atoms with Crippen LogP contribution >= 0.6 is 11.6 Å². The Morgan fingerprint density at radius 3 is 2.50 bits per heavy atom. The monoisotopic (exact) mass is 183 g/mol. The molecular formula is C10H12ClO. The summed E-state index contributed by atoms with van der Waals surface area (Å²) in [6.45, 7) is 3.83. The third-order valence-corrected chi connectivity index (χ3v) is 2.02. The van der Waals surface area contributed by atoms with Crippen molar-refractivity contribution in [3.63, 3.8) is 0 Å². The molecule has 1 rings (SSSR count). The Kier molecular flexibility index (Phi) is 3.12. The Morgan fingerprint density at radius 2 is 2.00 bits per heavy atom. The molecule has 0 aliphatic heterocycles. The van der Waals surface area contributed by atoms with Crippen LogP contribution in [0.1, 0.15) is 25.5 Å². The topological polar surface area (TPSA) is 19.9 Å². The summed E-state index contributed by atoms with van der Waals surface area (Å²) >= 11 is 5.75. The van der Waals surface area contributed by atoms with Gasteiger partial charge in [0.2, 0.25) is 0 Å². The molecule has 65 valence electrons. The van der Waals surface area contributed by atoms with Gasteiger partial charge in [-0.15, -0.1) is 0 Å². The van der Waals surface area contributed by atoms with E-state index in [9.17, 15) is 5.11 Å². The molecule has 0 saturated carbocycles. The minimum atomic E-state index is -0.663. The van der Waals surface area contributed by atoms with Gasteiger partial charge in [-0.1, -0.05) is 37.6 Å². The van der Waals surface area contributed by atoms with Crippen molar-refractivity contribution in [1.82, 2.24) is 0 Å². The summed E-state index contributed by atoms with van der Waals surface area (Å²) < 4.78 is 0. The molecule has 0 heterocycles. The summed E-state index contributed by atoms with van der Waals surface area (Å²) in [7, 11) is 0. The van der Waals surface area contributed by atoms with Gasteiger partial charge in [0.15, 0.2) is 0 Å². The van der Waals surface area contributed by atoms with Crippen molar-refractivity contribution in [2.45, 2.75) is 20.0 Å². The molecule has 12 heavy (non-hydrogen) atoms. The second-order valence-corrected chi connectivity index (χ2v) is 3.66. The first kappa shape index (κ1) is 9.56. The normalized spacial score (nSPS) is 13.4. The molecule has 1 radical (unpaired) electrons. The van der Waals surface area contributed by atoms with E-state index in [0.29, 0.717) is 5.02 Å². The molecule has 0 aromatic heterocycles. The fourth-order valence-corrected chi connectivity index (χ4v) is 1.27. The molecule has 0 amide bonds. The van der Waals surface area contributed by atoms with Crippen LogP contribution in [0.15, 0.2) is 24.3 Å². The number of halogens is 1. The van der Waals surface area contributed by atoms with Crippen molar-refractivity contribution in [3.8, 4) is 0 Å². The van der Waals surface area contributed by atoms with E-state index < -0.39 is 6.10 Å². The molecule has 0 fully saturated rings. The Balaban J connectivity index is 2.88. The van der Waals surface area contributed by atoms with E-state index in [-0.39, 0.29) is 5.92 Å². The van der Waals surface area contributed by atoms with E-state index in [2.05, 4.69) is 0 Å². The van der Waals surface area contributed by atoms with Crippen molar-refractivity contribution < 1.29 is 5.11 Å². The lowest BCUT2D eigenvalue weighted by molar-refractivity contribution is 0.0488. The molecule has 0 spiro atoms. The Bertz CT molecular complexity index is 258.